The third-order valence-electron chi connectivity index (χ3n) is 1.98. The van der Waals surface area contributed by atoms with Crippen LogP contribution in [0.25, 0.3) is 0 Å². The maximum Gasteiger partial charge on any atom is 0.110 e. The molecule has 0 heterocycles. The summed E-state index contributed by atoms with van der Waals surface area (Å²) in [6, 6.07) is 0. The van der Waals surface area contributed by atoms with Crippen molar-refractivity contribution < 1.29 is 4.39 Å². The summed E-state index contributed by atoms with van der Waals surface area (Å²) >= 11 is 3.12. The zero-order valence-electron chi connectivity index (χ0n) is 5.45. The normalized spacial score (nSPS) is 23.3. The number of alkyl halides is 2. The summed E-state index contributed by atoms with van der Waals surface area (Å²) < 4.78 is 12.6. The third kappa shape index (κ3) is 2.24. The van der Waals surface area contributed by atoms with Gasteiger partial charge in [0.25, 0.3) is 0 Å². The fraction of sp³-hybridized carbons (Fsp3) is 1.00. The van der Waals surface area contributed by atoms with Crippen molar-refractivity contribution in [3.63, 3.8) is 0 Å². The van der Waals surface area contributed by atoms with Crippen LogP contribution in [0, 0.1) is 5.92 Å². The lowest BCUT2D eigenvalue weighted by atomic mass is 9.82. The first-order valence-electron chi connectivity index (χ1n) is 3.53. The van der Waals surface area contributed by atoms with Crippen molar-refractivity contribution in [2.24, 2.45) is 5.92 Å². The summed E-state index contributed by atoms with van der Waals surface area (Å²) in [4.78, 5) is 0. The van der Waals surface area contributed by atoms with Crippen LogP contribution in [0.4, 0.5) is 4.39 Å². The second-order valence-electron chi connectivity index (χ2n) is 2.78. The van der Waals surface area contributed by atoms with Crippen molar-refractivity contribution in [2.45, 2.75) is 31.9 Å². The zero-order valence-corrected chi connectivity index (χ0v) is 7.03. The van der Waals surface area contributed by atoms with E-state index in [1.807, 2.05) is 0 Å². The molecule has 9 heavy (non-hydrogen) atoms. The summed E-state index contributed by atoms with van der Waals surface area (Å²) in [6.45, 7) is 0. The lowest BCUT2D eigenvalue weighted by Gasteiger charge is -2.25. The van der Waals surface area contributed by atoms with Crippen LogP contribution in [0.1, 0.15) is 25.7 Å². The van der Waals surface area contributed by atoms with E-state index in [1.165, 1.54) is 19.3 Å². The summed E-state index contributed by atoms with van der Waals surface area (Å²) in [7, 11) is 0. The van der Waals surface area contributed by atoms with Gasteiger partial charge in [0, 0.05) is 5.33 Å². The molecular weight excluding hydrogens is 183 g/mol. The SMILES string of the molecule is FC(CBr)CC1CCC1. The maximum absolute atomic E-state index is 12.6. The van der Waals surface area contributed by atoms with Gasteiger partial charge in [0.15, 0.2) is 0 Å². The zero-order chi connectivity index (χ0) is 6.69. The predicted molar refractivity (Wildman–Crippen MR) is 40.6 cm³/mol. The molecule has 54 valence electrons. The highest BCUT2D eigenvalue weighted by atomic mass is 79.9. The first-order valence-corrected chi connectivity index (χ1v) is 4.65. The van der Waals surface area contributed by atoms with Crippen LogP contribution in [-0.2, 0) is 0 Å². The van der Waals surface area contributed by atoms with Gasteiger partial charge in [0.1, 0.15) is 6.17 Å². The molecule has 0 N–H and O–H groups in total. The van der Waals surface area contributed by atoms with Crippen LogP contribution in [-0.4, -0.2) is 11.5 Å². The quantitative estimate of drug-likeness (QED) is 0.607. The van der Waals surface area contributed by atoms with Crippen molar-refractivity contribution in [1.29, 1.82) is 0 Å². The fourth-order valence-electron chi connectivity index (χ4n) is 1.15. The lowest BCUT2D eigenvalue weighted by Crippen LogP contribution is -2.17. The minimum atomic E-state index is -0.602. The molecule has 2 heteroatoms. The smallest absolute Gasteiger partial charge is 0.110 e. The van der Waals surface area contributed by atoms with Gasteiger partial charge >= 0.3 is 0 Å². The molecule has 0 nitrogen and oxygen atoms in total. The van der Waals surface area contributed by atoms with E-state index < -0.39 is 6.17 Å². The van der Waals surface area contributed by atoms with E-state index in [9.17, 15) is 4.39 Å². The van der Waals surface area contributed by atoms with Gasteiger partial charge in [0.05, 0.1) is 0 Å². The van der Waals surface area contributed by atoms with Crippen LogP contribution in [0.3, 0.4) is 0 Å². The molecule has 0 aromatic carbocycles. The number of rotatable bonds is 3. The van der Waals surface area contributed by atoms with Gasteiger partial charge in [-0.1, -0.05) is 35.2 Å². The van der Waals surface area contributed by atoms with E-state index in [2.05, 4.69) is 15.9 Å². The predicted octanol–water partition coefficient (Wildman–Crippen LogP) is 2.91. The Morgan fingerprint density at radius 1 is 1.56 bits per heavy atom. The molecule has 1 atom stereocenters. The van der Waals surface area contributed by atoms with Gasteiger partial charge in [-0.3, -0.25) is 0 Å². The first-order chi connectivity index (χ1) is 4.33. The van der Waals surface area contributed by atoms with E-state index in [-0.39, 0.29) is 0 Å². The molecule has 1 saturated carbocycles. The standard InChI is InChI=1S/C7H12BrF/c8-5-7(9)4-6-2-1-3-6/h6-7H,1-5H2. The Kier molecular flexibility index (Phi) is 2.96. The van der Waals surface area contributed by atoms with Crippen molar-refractivity contribution in [3.8, 4) is 0 Å². The first kappa shape index (κ1) is 7.52. The Labute approximate surface area is 64.0 Å². The molecule has 1 fully saturated rings. The molecule has 0 amide bonds. The molecule has 1 aliphatic carbocycles. The molecule has 0 aliphatic heterocycles. The molecule has 0 radical (unpaired) electrons. The van der Waals surface area contributed by atoms with Gasteiger partial charge in [-0.25, -0.2) is 4.39 Å². The van der Waals surface area contributed by atoms with Gasteiger partial charge in [-0.05, 0) is 12.3 Å². The Bertz CT molecular complexity index is 78.2. The molecular formula is C7H12BrF. The third-order valence-corrected chi connectivity index (χ3v) is 2.68. The second-order valence-corrected chi connectivity index (χ2v) is 3.43. The van der Waals surface area contributed by atoms with Crippen molar-refractivity contribution in [1.82, 2.24) is 0 Å². The average molecular weight is 195 g/mol. The van der Waals surface area contributed by atoms with E-state index in [0.717, 1.165) is 6.42 Å². The van der Waals surface area contributed by atoms with Crippen molar-refractivity contribution >= 4 is 15.9 Å². The van der Waals surface area contributed by atoms with Crippen molar-refractivity contribution in [3.05, 3.63) is 0 Å². The van der Waals surface area contributed by atoms with Crippen LogP contribution in [0.2, 0.25) is 0 Å². The van der Waals surface area contributed by atoms with Gasteiger partial charge in [-0.15, -0.1) is 0 Å². The molecule has 1 unspecified atom stereocenters. The van der Waals surface area contributed by atoms with Gasteiger partial charge in [-0.2, -0.15) is 0 Å². The number of halogens is 2. The van der Waals surface area contributed by atoms with E-state index in [4.69, 9.17) is 0 Å². The monoisotopic (exact) mass is 194 g/mol. The molecule has 0 aromatic heterocycles. The summed E-state index contributed by atoms with van der Waals surface area (Å²) in [5.41, 5.74) is 0. The summed E-state index contributed by atoms with van der Waals surface area (Å²) in [5, 5.41) is 0.517. The molecule has 0 aromatic rings. The van der Waals surface area contributed by atoms with Crippen molar-refractivity contribution in [2.75, 3.05) is 5.33 Å². The minimum absolute atomic E-state index is 0.517. The summed E-state index contributed by atoms with van der Waals surface area (Å²) in [5.74, 6) is 0.706. The number of hydrogen-bond acceptors (Lipinski definition) is 0. The molecule has 1 rings (SSSR count). The highest BCUT2D eigenvalue weighted by molar-refractivity contribution is 9.09. The minimum Gasteiger partial charge on any atom is -0.247 e. The Morgan fingerprint density at radius 3 is 2.56 bits per heavy atom. The van der Waals surface area contributed by atoms with E-state index in [1.54, 1.807) is 0 Å². The maximum atomic E-state index is 12.6. The number of hydrogen-bond donors (Lipinski definition) is 0. The Hall–Kier alpha value is 0.410. The van der Waals surface area contributed by atoms with Crippen LogP contribution in [0.5, 0.6) is 0 Å². The largest absolute Gasteiger partial charge is 0.247 e. The van der Waals surface area contributed by atoms with E-state index in [0.29, 0.717) is 11.2 Å². The van der Waals surface area contributed by atoms with Gasteiger partial charge in [0.2, 0.25) is 0 Å². The van der Waals surface area contributed by atoms with E-state index >= 15 is 0 Å². The molecule has 0 bridgehead atoms. The molecule has 0 saturated heterocycles. The lowest BCUT2D eigenvalue weighted by molar-refractivity contribution is 0.220. The highest BCUT2D eigenvalue weighted by Gasteiger charge is 2.20. The highest BCUT2D eigenvalue weighted by Crippen LogP contribution is 2.31. The van der Waals surface area contributed by atoms with Gasteiger partial charge < -0.3 is 0 Å². The molecule has 0 spiro atoms. The fourth-order valence-corrected chi connectivity index (χ4v) is 1.42. The molecule has 1 aliphatic rings. The Morgan fingerprint density at radius 2 is 2.22 bits per heavy atom. The van der Waals surface area contributed by atoms with Crippen LogP contribution < -0.4 is 0 Å². The second kappa shape index (κ2) is 3.55. The van der Waals surface area contributed by atoms with Crippen LogP contribution in [0.15, 0.2) is 0 Å². The van der Waals surface area contributed by atoms with Crippen LogP contribution >= 0.6 is 15.9 Å². The Balaban J connectivity index is 2.01. The average Bonchev–Trinajstić information content (AvgIpc) is 1.78. The summed E-state index contributed by atoms with van der Waals surface area (Å²) in [6.07, 6.45) is 4.02. The topological polar surface area (TPSA) is 0 Å².